The molecule has 1 amide bonds. The Morgan fingerprint density at radius 2 is 2.10 bits per heavy atom. The Morgan fingerprint density at radius 3 is 2.86 bits per heavy atom. The highest BCUT2D eigenvalue weighted by Gasteiger charge is 2.49. The largest absolute Gasteiger partial charge is 0.365 e. The molecule has 0 aliphatic carbocycles. The van der Waals surface area contributed by atoms with E-state index in [0.29, 0.717) is 0 Å². The maximum atomic E-state index is 13.7. The number of nitrogens with zero attached hydrogens (tertiary/aromatic N) is 2. The zero-order chi connectivity index (χ0) is 20.0. The maximum absolute atomic E-state index is 13.7. The molecule has 2 N–H and O–H groups in total. The minimum Gasteiger partial charge on any atom is -0.365 e. The van der Waals surface area contributed by atoms with Gasteiger partial charge in [-0.3, -0.25) is 4.79 Å². The first kappa shape index (κ1) is 18.4. The van der Waals surface area contributed by atoms with Crippen LogP contribution in [0.1, 0.15) is 35.2 Å². The van der Waals surface area contributed by atoms with E-state index in [1.54, 1.807) is 6.20 Å². The Labute approximate surface area is 178 Å². The number of carbonyl (C=O) groups excluding carboxylic acids is 1. The van der Waals surface area contributed by atoms with E-state index >= 15 is 0 Å². The van der Waals surface area contributed by atoms with Crippen molar-refractivity contribution >= 4 is 27.7 Å². The summed E-state index contributed by atoms with van der Waals surface area (Å²) in [7, 11) is 0. The molecule has 0 saturated carbocycles. The van der Waals surface area contributed by atoms with Gasteiger partial charge in [-0.05, 0) is 78.0 Å². The maximum Gasteiger partial charge on any atom is 0.255 e. The van der Waals surface area contributed by atoms with E-state index in [1.807, 2.05) is 42.6 Å². The number of aromatic nitrogens is 2. The van der Waals surface area contributed by atoms with Crippen molar-refractivity contribution in [1.29, 1.82) is 0 Å². The molecule has 148 valence electrons. The van der Waals surface area contributed by atoms with Gasteiger partial charge in [-0.2, -0.15) is 0 Å². The zero-order valence-electron chi connectivity index (χ0n) is 16.2. The molecule has 5 nitrogen and oxygen atoms in total. The number of H-pyrrole nitrogens is 1. The molecule has 0 spiro atoms. The summed E-state index contributed by atoms with van der Waals surface area (Å²) < 4.78 is 0.962. The Morgan fingerprint density at radius 1 is 1.21 bits per heavy atom. The van der Waals surface area contributed by atoms with Crippen molar-refractivity contribution < 1.29 is 4.79 Å². The van der Waals surface area contributed by atoms with E-state index in [0.717, 1.165) is 51.9 Å². The predicted octanol–water partition coefficient (Wildman–Crippen LogP) is 5.01. The molecule has 2 aromatic heterocycles. The smallest absolute Gasteiger partial charge is 0.255 e. The molecular weight excluding hydrogens is 428 g/mol. The number of rotatable bonds is 4. The van der Waals surface area contributed by atoms with Crippen molar-refractivity contribution in [3.8, 4) is 11.3 Å². The average molecular weight is 451 g/mol. The number of amides is 1. The van der Waals surface area contributed by atoms with Crippen LogP contribution in [0.25, 0.3) is 11.3 Å². The molecule has 2 saturated heterocycles. The molecule has 2 aliphatic rings. The lowest BCUT2D eigenvalue weighted by atomic mass is 9.95. The minimum absolute atomic E-state index is 0.138. The molecule has 2 bridgehead atoms. The fraction of sp³-hybridized carbons (Fsp3) is 0.304. The van der Waals surface area contributed by atoms with Crippen LogP contribution < -0.4 is 5.32 Å². The second-order valence-electron chi connectivity index (χ2n) is 7.94. The van der Waals surface area contributed by atoms with Gasteiger partial charge in [-0.15, -0.1) is 0 Å². The number of anilines is 1. The molecule has 6 heteroatoms. The van der Waals surface area contributed by atoms with Crippen LogP contribution in [-0.2, 0) is 0 Å². The lowest BCUT2D eigenvalue weighted by molar-refractivity contribution is 0.0728. The highest BCUT2D eigenvalue weighted by molar-refractivity contribution is 9.10. The van der Waals surface area contributed by atoms with Crippen LogP contribution in [-0.4, -0.2) is 38.9 Å². The van der Waals surface area contributed by atoms with Gasteiger partial charge >= 0.3 is 0 Å². The summed E-state index contributed by atoms with van der Waals surface area (Å²) in [4.78, 5) is 23.5. The van der Waals surface area contributed by atoms with Crippen LogP contribution in [0.15, 0.2) is 59.3 Å². The molecular formula is C23H23BrN4O. The van der Waals surface area contributed by atoms with Gasteiger partial charge in [0.15, 0.2) is 0 Å². The van der Waals surface area contributed by atoms with Crippen molar-refractivity contribution in [3.63, 3.8) is 0 Å². The van der Waals surface area contributed by atoms with Gasteiger partial charge in [-0.25, -0.2) is 4.98 Å². The number of fused-ring (bicyclic) bond motifs is 2. The van der Waals surface area contributed by atoms with Gasteiger partial charge in [-0.1, -0.05) is 12.1 Å². The fourth-order valence-electron chi connectivity index (χ4n) is 4.94. The molecule has 3 aromatic rings. The zero-order valence-corrected chi connectivity index (χ0v) is 17.8. The first-order chi connectivity index (χ1) is 14.1. The van der Waals surface area contributed by atoms with Gasteiger partial charge in [0, 0.05) is 45.8 Å². The number of halogens is 1. The van der Waals surface area contributed by atoms with Crippen LogP contribution in [0.5, 0.6) is 0 Å². The molecule has 5 rings (SSSR count). The van der Waals surface area contributed by atoms with Crippen molar-refractivity contribution in [2.45, 2.75) is 44.3 Å². The van der Waals surface area contributed by atoms with E-state index in [-0.39, 0.29) is 24.0 Å². The molecule has 1 aromatic carbocycles. The predicted molar refractivity (Wildman–Crippen MR) is 118 cm³/mol. The Balaban J connectivity index is 1.43. The van der Waals surface area contributed by atoms with Gasteiger partial charge in [0.2, 0.25) is 0 Å². The number of pyridine rings is 1. The van der Waals surface area contributed by atoms with E-state index < -0.39 is 0 Å². The van der Waals surface area contributed by atoms with Crippen LogP contribution in [0.2, 0.25) is 0 Å². The highest BCUT2D eigenvalue weighted by Crippen LogP contribution is 2.41. The van der Waals surface area contributed by atoms with Gasteiger partial charge < -0.3 is 15.2 Å². The summed E-state index contributed by atoms with van der Waals surface area (Å²) in [6, 6.07) is 14.7. The van der Waals surface area contributed by atoms with E-state index in [2.05, 4.69) is 49.1 Å². The SMILES string of the molecule is Cc1cccc(C(=O)N2[C@@H]3CC[C@H]2[C@H](Nc2ccc(Br)cn2)C3)c1-c1ccc[nH]1. The van der Waals surface area contributed by atoms with Crippen molar-refractivity contribution in [3.05, 3.63) is 70.5 Å². The van der Waals surface area contributed by atoms with Gasteiger partial charge in [0.1, 0.15) is 5.82 Å². The number of carbonyl (C=O) groups is 1. The van der Waals surface area contributed by atoms with E-state index in [1.165, 1.54) is 0 Å². The first-order valence-corrected chi connectivity index (χ1v) is 10.9. The molecule has 4 heterocycles. The van der Waals surface area contributed by atoms with Crippen molar-refractivity contribution in [2.24, 2.45) is 0 Å². The monoisotopic (exact) mass is 450 g/mol. The standard InChI is InChI=1S/C23H23BrN4O/c1-14-4-2-5-17(22(14)18-6-3-11-25-18)23(29)28-16-8-9-20(28)19(12-16)27-21-10-7-15(24)13-26-21/h2-7,10-11,13,16,19-20,25H,8-9,12H2,1H3,(H,26,27)/t16-,19-,20+/m1/s1. The Hall–Kier alpha value is -2.60. The second kappa shape index (κ2) is 7.34. The highest BCUT2D eigenvalue weighted by atomic mass is 79.9. The Bertz CT molecular complexity index is 1030. The first-order valence-electron chi connectivity index (χ1n) is 10.1. The molecule has 0 unspecified atom stereocenters. The van der Waals surface area contributed by atoms with E-state index in [4.69, 9.17) is 0 Å². The topological polar surface area (TPSA) is 61.0 Å². The number of hydrogen-bond acceptors (Lipinski definition) is 3. The lowest BCUT2D eigenvalue weighted by Crippen LogP contribution is -2.40. The van der Waals surface area contributed by atoms with Crippen LogP contribution in [0.3, 0.4) is 0 Å². The number of aryl methyl sites for hydroxylation is 1. The minimum atomic E-state index is 0.138. The van der Waals surface area contributed by atoms with Crippen molar-refractivity contribution in [2.75, 3.05) is 5.32 Å². The third-order valence-electron chi connectivity index (χ3n) is 6.20. The van der Waals surface area contributed by atoms with E-state index in [9.17, 15) is 4.79 Å². The Kier molecular flexibility index (Phi) is 4.66. The third kappa shape index (κ3) is 3.25. The second-order valence-corrected chi connectivity index (χ2v) is 8.86. The number of nitrogens with one attached hydrogen (secondary N) is 2. The van der Waals surface area contributed by atoms with Gasteiger partial charge in [0.25, 0.3) is 5.91 Å². The third-order valence-corrected chi connectivity index (χ3v) is 6.67. The quantitative estimate of drug-likeness (QED) is 0.587. The average Bonchev–Trinajstić information content (AvgIpc) is 3.45. The summed E-state index contributed by atoms with van der Waals surface area (Å²) in [5.41, 5.74) is 3.89. The van der Waals surface area contributed by atoms with Crippen LogP contribution >= 0.6 is 15.9 Å². The van der Waals surface area contributed by atoms with Crippen LogP contribution in [0.4, 0.5) is 5.82 Å². The summed E-state index contributed by atoms with van der Waals surface area (Å²) in [5.74, 6) is 1.000. The molecule has 0 radical (unpaired) electrons. The summed E-state index contributed by atoms with van der Waals surface area (Å²) >= 11 is 3.43. The number of aromatic amines is 1. The molecule has 2 fully saturated rings. The molecule has 2 aliphatic heterocycles. The number of benzene rings is 1. The summed E-state index contributed by atoms with van der Waals surface area (Å²) in [6.07, 6.45) is 6.78. The van der Waals surface area contributed by atoms with Crippen molar-refractivity contribution in [1.82, 2.24) is 14.9 Å². The number of hydrogen-bond donors (Lipinski definition) is 2. The fourth-order valence-corrected chi connectivity index (χ4v) is 5.17. The van der Waals surface area contributed by atoms with Gasteiger partial charge in [0.05, 0.1) is 6.04 Å². The molecule has 29 heavy (non-hydrogen) atoms. The molecule has 3 atom stereocenters. The van der Waals surface area contributed by atoms with Crippen LogP contribution in [0, 0.1) is 6.92 Å². The summed E-state index contributed by atoms with van der Waals surface area (Å²) in [6.45, 7) is 2.06. The lowest BCUT2D eigenvalue weighted by Gasteiger charge is -2.26. The normalized spacial score (nSPS) is 22.8. The summed E-state index contributed by atoms with van der Waals surface area (Å²) in [5, 5.41) is 3.56.